The van der Waals surface area contributed by atoms with Crippen LogP contribution in [0.4, 0.5) is 22.0 Å². The summed E-state index contributed by atoms with van der Waals surface area (Å²) in [6, 6.07) is 2.68. The highest BCUT2D eigenvalue weighted by Crippen LogP contribution is 2.15. The minimum Gasteiger partial charge on any atom is -0.494 e. The third-order valence-corrected chi connectivity index (χ3v) is 2.74. The Kier molecular flexibility index (Phi) is 3.97. The maximum Gasteiger partial charge on any atom is 0.201 e. The number of ether oxygens (including phenoxy) is 1. The van der Waals surface area contributed by atoms with E-state index in [1.54, 1.807) is 0 Å². The molecule has 0 aliphatic heterocycles. The molecule has 20 heavy (non-hydrogen) atoms. The molecular formula is C13H8BF5O. The maximum absolute atomic E-state index is 13.5. The van der Waals surface area contributed by atoms with E-state index in [9.17, 15) is 22.0 Å². The molecule has 0 unspecified atom stereocenters. The number of benzene rings is 2. The highest BCUT2D eigenvalue weighted by atomic mass is 19.2. The van der Waals surface area contributed by atoms with Gasteiger partial charge < -0.3 is 4.74 Å². The molecule has 0 aliphatic rings. The van der Waals surface area contributed by atoms with Crippen molar-refractivity contribution in [1.82, 2.24) is 0 Å². The van der Waals surface area contributed by atoms with Gasteiger partial charge in [0, 0.05) is 12.1 Å². The summed E-state index contributed by atoms with van der Waals surface area (Å²) in [5.41, 5.74) is -0.403. The Labute approximate surface area is 112 Å². The second-order valence-electron chi connectivity index (χ2n) is 4.12. The van der Waals surface area contributed by atoms with Crippen LogP contribution in [0.25, 0.3) is 0 Å². The second kappa shape index (κ2) is 5.52. The molecule has 7 heteroatoms. The second-order valence-corrected chi connectivity index (χ2v) is 4.12. The van der Waals surface area contributed by atoms with Crippen LogP contribution in [0.3, 0.4) is 0 Å². The summed E-state index contributed by atoms with van der Waals surface area (Å²) < 4.78 is 71.1. The lowest BCUT2D eigenvalue weighted by Crippen LogP contribution is -2.32. The molecule has 0 aromatic heterocycles. The molecule has 0 saturated heterocycles. The molecular weight excluding hydrogens is 278 g/mol. The topological polar surface area (TPSA) is 9.23 Å². The van der Waals surface area contributed by atoms with E-state index in [-0.39, 0.29) is 16.7 Å². The zero-order valence-electron chi connectivity index (χ0n) is 10.3. The Morgan fingerprint density at radius 1 is 0.800 bits per heavy atom. The van der Waals surface area contributed by atoms with Crippen LogP contribution < -0.4 is 15.7 Å². The minimum atomic E-state index is -1.36. The van der Waals surface area contributed by atoms with Crippen molar-refractivity contribution in [2.75, 3.05) is 7.11 Å². The zero-order chi connectivity index (χ0) is 14.9. The molecule has 0 bridgehead atoms. The van der Waals surface area contributed by atoms with Crippen LogP contribution in [0.2, 0.25) is 0 Å². The van der Waals surface area contributed by atoms with E-state index in [0.717, 1.165) is 19.2 Å². The molecule has 104 valence electrons. The van der Waals surface area contributed by atoms with E-state index in [1.165, 1.54) is 0 Å². The molecule has 2 aromatic carbocycles. The molecule has 2 aromatic rings. The Bertz CT molecular complexity index is 660. The van der Waals surface area contributed by atoms with Gasteiger partial charge in [-0.25, -0.2) is 22.0 Å². The molecule has 1 nitrogen and oxygen atoms in total. The van der Waals surface area contributed by atoms with Crippen LogP contribution in [0, 0.1) is 29.1 Å². The van der Waals surface area contributed by atoms with E-state index in [4.69, 9.17) is 4.74 Å². The van der Waals surface area contributed by atoms with Gasteiger partial charge in [0.2, 0.25) is 7.28 Å². The third kappa shape index (κ3) is 2.76. The summed E-state index contributed by atoms with van der Waals surface area (Å²) >= 11 is 0. The number of halogens is 5. The minimum absolute atomic E-state index is 0.0473. The molecule has 0 N–H and O–H groups in total. The summed E-state index contributed by atoms with van der Waals surface area (Å²) in [4.78, 5) is 0. The molecule has 0 radical (unpaired) electrons. The number of methoxy groups -OCH3 is 1. The Hall–Kier alpha value is -2.05. The fraction of sp³-hybridized carbons (Fsp3) is 0.0769. The largest absolute Gasteiger partial charge is 0.494 e. The monoisotopic (exact) mass is 286 g/mol. The lowest BCUT2D eigenvalue weighted by Gasteiger charge is -2.10. The Balaban J connectivity index is 2.50. The molecule has 0 heterocycles. The van der Waals surface area contributed by atoms with Gasteiger partial charge in [0.1, 0.15) is 17.4 Å². The van der Waals surface area contributed by atoms with E-state index in [0.29, 0.717) is 12.1 Å². The predicted molar refractivity (Wildman–Crippen MR) is 65.6 cm³/mol. The van der Waals surface area contributed by atoms with Crippen molar-refractivity contribution in [3.8, 4) is 5.75 Å². The summed E-state index contributed by atoms with van der Waals surface area (Å²) in [5, 5.41) is 0. The quantitative estimate of drug-likeness (QED) is 0.475. The van der Waals surface area contributed by atoms with E-state index in [2.05, 4.69) is 0 Å². The van der Waals surface area contributed by atoms with Crippen molar-refractivity contribution < 1.29 is 26.7 Å². The molecule has 0 aliphatic carbocycles. The fourth-order valence-electron chi connectivity index (χ4n) is 1.92. The highest BCUT2D eigenvalue weighted by Gasteiger charge is 2.18. The van der Waals surface area contributed by atoms with Crippen molar-refractivity contribution >= 4 is 18.2 Å². The van der Waals surface area contributed by atoms with Crippen LogP contribution in [-0.2, 0) is 0 Å². The van der Waals surface area contributed by atoms with Crippen molar-refractivity contribution in [3.05, 3.63) is 53.4 Å². The van der Waals surface area contributed by atoms with Gasteiger partial charge in [-0.2, -0.15) is 0 Å². The lowest BCUT2D eigenvalue weighted by atomic mass is 9.63. The van der Waals surface area contributed by atoms with Crippen LogP contribution in [-0.4, -0.2) is 14.4 Å². The van der Waals surface area contributed by atoms with Gasteiger partial charge in [-0.15, -0.1) is 0 Å². The van der Waals surface area contributed by atoms with E-state index >= 15 is 0 Å². The molecule has 0 atom stereocenters. The number of hydrogen-bond donors (Lipinski definition) is 0. The Morgan fingerprint density at radius 3 is 1.95 bits per heavy atom. The average Bonchev–Trinajstić information content (AvgIpc) is 2.35. The van der Waals surface area contributed by atoms with Crippen LogP contribution in [0.15, 0.2) is 24.3 Å². The first-order chi connectivity index (χ1) is 9.42. The smallest absolute Gasteiger partial charge is 0.201 e. The van der Waals surface area contributed by atoms with Gasteiger partial charge in [-0.3, -0.25) is 0 Å². The van der Waals surface area contributed by atoms with Crippen LogP contribution in [0.1, 0.15) is 0 Å². The standard InChI is InChI=1S/C13H8BF5O/c1-20-13-9(3-7(16)5-11(13)18)14-8-2-6(15)4-10(17)12(8)19/h2-5,14H,1H3. The first-order valence-electron chi connectivity index (χ1n) is 5.57. The summed E-state index contributed by atoms with van der Waals surface area (Å²) in [7, 11) is 0.751. The van der Waals surface area contributed by atoms with Gasteiger partial charge in [-0.05, 0) is 23.1 Å². The predicted octanol–water partition coefficient (Wildman–Crippen LogP) is 1.78. The van der Waals surface area contributed by atoms with Gasteiger partial charge in [-0.1, -0.05) is 0 Å². The van der Waals surface area contributed by atoms with Crippen molar-refractivity contribution in [2.24, 2.45) is 0 Å². The summed E-state index contributed by atoms with van der Waals surface area (Å²) in [6.07, 6.45) is 0. The lowest BCUT2D eigenvalue weighted by molar-refractivity contribution is 0.388. The summed E-state index contributed by atoms with van der Waals surface area (Å²) in [5.74, 6) is -5.77. The maximum atomic E-state index is 13.5. The zero-order valence-corrected chi connectivity index (χ0v) is 10.3. The molecule has 0 saturated carbocycles. The van der Waals surface area contributed by atoms with E-state index < -0.39 is 36.4 Å². The van der Waals surface area contributed by atoms with Crippen LogP contribution >= 0.6 is 0 Å². The highest BCUT2D eigenvalue weighted by molar-refractivity contribution is 6.68. The van der Waals surface area contributed by atoms with Gasteiger partial charge in [0.15, 0.2) is 17.5 Å². The van der Waals surface area contributed by atoms with Crippen molar-refractivity contribution in [3.63, 3.8) is 0 Å². The van der Waals surface area contributed by atoms with Crippen molar-refractivity contribution in [2.45, 2.75) is 0 Å². The molecule has 0 spiro atoms. The molecule has 2 rings (SSSR count). The van der Waals surface area contributed by atoms with Gasteiger partial charge in [0.05, 0.1) is 7.11 Å². The number of hydrogen-bond acceptors (Lipinski definition) is 1. The van der Waals surface area contributed by atoms with Gasteiger partial charge >= 0.3 is 0 Å². The molecule has 0 amide bonds. The fourth-order valence-corrected chi connectivity index (χ4v) is 1.92. The SMILES string of the molecule is COc1c(F)cc(F)cc1Bc1cc(F)cc(F)c1F. The Morgan fingerprint density at radius 2 is 1.35 bits per heavy atom. The summed E-state index contributed by atoms with van der Waals surface area (Å²) in [6.45, 7) is 0. The normalized spacial score (nSPS) is 10.5. The third-order valence-electron chi connectivity index (χ3n) is 2.74. The van der Waals surface area contributed by atoms with Crippen molar-refractivity contribution in [1.29, 1.82) is 0 Å². The van der Waals surface area contributed by atoms with Gasteiger partial charge in [0.25, 0.3) is 0 Å². The van der Waals surface area contributed by atoms with Crippen LogP contribution in [0.5, 0.6) is 5.75 Å². The first kappa shape index (κ1) is 14.4. The first-order valence-corrected chi connectivity index (χ1v) is 5.57. The number of rotatable bonds is 3. The molecule has 0 fully saturated rings. The average molecular weight is 286 g/mol. The van der Waals surface area contributed by atoms with E-state index in [1.807, 2.05) is 0 Å².